The Hall–Kier alpha value is -0.0400. The van der Waals surface area contributed by atoms with Gasteiger partial charge in [0.15, 0.2) is 0 Å². The second kappa shape index (κ2) is 2.73. The largest absolute Gasteiger partial charge is 0.300 e. The Kier molecular flexibility index (Phi) is 1.68. The van der Waals surface area contributed by atoms with Gasteiger partial charge in [0.05, 0.1) is 0 Å². The quantitative estimate of drug-likeness (QED) is 0.532. The first-order chi connectivity index (χ1) is 5.93. The van der Waals surface area contributed by atoms with Crippen molar-refractivity contribution < 1.29 is 0 Å². The first-order valence-corrected chi connectivity index (χ1v) is 5.67. The van der Waals surface area contributed by atoms with Gasteiger partial charge in [-0.05, 0) is 50.5 Å². The Morgan fingerprint density at radius 3 is 3.00 bits per heavy atom. The lowest BCUT2D eigenvalue weighted by Gasteiger charge is -2.44. The van der Waals surface area contributed by atoms with Gasteiger partial charge in [-0.15, -0.1) is 0 Å². The lowest BCUT2D eigenvalue weighted by Crippen LogP contribution is -2.46. The molecule has 2 saturated heterocycles. The lowest BCUT2D eigenvalue weighted by molar-refractivity contribution is 0.0535. The van der Waals surface area contributed by atoms with Crippen molar-refractivity contribution in [3.8, 4) is 0 Å². The average Bonchev–Trinajstić information content (AvgIpc) is 2.53. The van der Waals surface area contributed by atoms with E-state index in [1.54, 1.807) is 6.42 Å². The molecule has 3 aliphatic rings. The van der Waals surface area contributed by atoms with E-state index in [4.69, 9.17) is 0 Å². The topological polar surface area (TPSA) is 3.24 Å². The summed E-state index contributed by atoms with van der Waals surface area (Å²) in [6, 6.07) is 1.02. The normalized spacial score (nSPS) is 47.5. The van der Waals surface area contributed by atoms with Gasteiger partial charge in [0.1, 0.15) is 0 Å². The third kappa shape index (κ3) is 1.02. The minimum atomic E-state index is 1.02. The summed E-state index contributed by atoms with van der Waals surface area (Å²) in [4.78, 5) is 2.79. The smallest absolute Gasteiger partial charge is 0.0124 e. The predicted molar refractivity (Wildman–Crippen MR) is 50.0 cm³/mol. The van der Waals surface area contributed by atoms with Gasteiger partial charge < -0.3 is 0 Å². The van der Waals surface area contributed by atoms with Crippen molar-refractivity contribution in [3.05, 3.63) is 0 Å². The van der Waals surface area contributed by atoms with Gasteiger partial charge in [-0.1, -0.05) is 6.42 Å². The molecule has 3 rings (SSSR count). The first-order valence-electron chi connectivity index (χ1n) is 5.67. The molecule has 2 aliphatic heterocycles. The molecule has 1 heteroatoms. The van der Waals surface area contributed by atoms with Crippen LogP contribution in [0.5, 0.6) is 0 Å². The maximum absolute atomic E-state index is 2.79. The van der Waals surface area contributed by atoms with E-state index in [-0.39, 0.29) is 0 Å². The van der Waals surface area contributed by atoms with E-state index in [2.05, 4.69) is 4.90 Å². The van der Waals surface area contributed by atoms with Crippen LogP contribution in [-0.2, 0) is 0 Å². The van der Waals surface area contributed by atoms with E-state index >= 15 is 0 Å². The molecular weight excluding hydrogens is 146 g/mol. The summed E-state index contributed by atoms with van der Waals surface area (Å²) >= 11 is 0. The molecule has 0 N–H and O–H groups in total. The zero-order valence-corrected chi connectivity index (χ0v) is 7.84. The third-order valence-electron chi connectivity index (χ3n) is 4.27. The monoisotopic (exact) mass is 165 g/mol. The van der Waals surface area contributed by atoms with Crippen LogP contribution in [0.1, 0.15) is 38.5 Å². The van der Waals surface area contributed by atoms with Crippen molar-refractivity contribution in [1.29, 1.82) is 0 Å². The van der Waals surface area contributed by atoms with Gasteiger partial charge >= 0.3 is 0 Å². The Balaban J connectivity index is 1.81. The van der Waals surface area contributed by atoms with E-state index in [0.29, 0.717) is 0 Å². The Morgan fingerprint density at radius 2 is 2.00 bits per heavy atom. The van der Waals surface area contributed by atoms with Crippen molar-refractivity contribution in [3.63, 3.8) is 0 Å². The Morgan fingerprint density at radius 1 is 1.00 bits per heavy atom. The molecule has 1 saturated carbocycles. The van der Waals surface area contributed by atoms with Crippen molar-refractivity contribution in [2.75, 3.05) is 13.1 Å². The van der Waals surface area contributed by atoms with Crippen LogP contribution in [0, 0.1) is 11.8 Å². The number of piperidine rings is 1. The SMILES string of the molecule is C1CC2CC(C1)C1CCCN1C2. The third-order valence-corrected chi connectivity index (χ3v) is 4.27. The highest BCUT2D eigenvalue weighted by atomic mass is 15.2. The molecule has 2 bridgehead atoms. The molecule has 3 unspecified atom stereocenters. The minimum absolute atomic E-state index is 1.02. The first kappa shape index (κ1) is 7.37. The second-order valence-electron chi connectivity index (χ2n) is 5.00. The van der Waals surface area contributed by atoms with Gasteiger partial charge in [-0.2, -0.15) is 0 Å². The van der Waals surface area contributed by atoms with Crippen LogP contribution in [-0.4, -0.2) is 24.0 Å². The standard InChI is InChI=1S/C11H19N/c1-3-9-7-10(4-1)11-5-2-6-12(11)8-9/h9-11H,1-8H2. The number of hydrogen-bond donors (Lipinski definition) is 0. The van der Waals surface area contributed by atoms with Crippen LogP contribution < -0.4 is 0 Å². The van der Waals surface area contributed by atoms with E-state index in [1.165, 1.54) is 45.2 Å². The minimum Gasteiger partial charge on any atom is -0.300 e. The van der Waals surface area contributed by atoms with Gasteiger partial charge in [-0.3, -0.25) is 4.90 Å². The van der Waals surface area contributed by atoms with Gasteiger partial charge in [0.25, 0.3) is 0 Å². The molecule has 3 fully saturated rings. The maximum atomic E-state index is 2.79. The van der Waals surface area contributed by atoms with Crippen molar-refractivity contribution in [2.24, 2.45) is 11.8 Å². The molecule has 0 aromatic rings. The summed E-state index contributed by atoms with van der Waals surface area (Å²) < 4.78 is 0. The van der Waals surface area contributed by atoms with Gasteiger partial charge in [-0.25, -0.2) is 0 Å². The predicted octanol–water partition coefficient (Wildman–Crippen LogP) is 2.27. The fourth-order valence-corrected chi connectivity index (χ4v) is 3.79. The van der Waals surface area contributed by atoms with Gasteiger partial charge in [0.2, 0.25) is 0 Å². The highest BCUT2D eigenvalue weighted by molar-refractivity contribution is 4.94. The number of fused-ring (bicyclic) bond motifs is 4. The molecule has 1 aliphatic carbocycles. The molecule has 0 aromatic heterocycles. The molecule has 3 atom stereocenters. The highest BCUT2D eigenvalue weighted by Crippen LogP contribution is 2.41. The fourth-order valence-electron chi connectivity index (χ4n) is 3.79. The van der Waals surface area contributed by atoms with Crippen molar-refractivity contribution in [2.45, 2.75) is 44.6 Å². The Bertz CT molecular complexity index is 178. The van der Waals surface area contributed by atoms with E-state index in [1.807, 2.05) is 0 Å². The summed E-state index contributed by atoms with van der Waals surface area (Å²) in [5, 5.41) is 0. The van der Waals surface area contributed by atoms with Crippen LogP contribution in [0.4, 0.5) is 0 Å². The summed E-state index contributed by atoms with van der Waals surface area (Å²) in [6.07, 6.45) is 9.16. The van der Waals surface area contributed by atoms with Crippen LogP contribution in [0.25, 0.3) is 0 Å². The summed E-state index contributed by atoms with van der Waals surface area (Å²) in [5.74, 6) is 2.18. The molecule has 2 heterocycles. The Labute approximate surface area is 75.1 Å². The fraction of sp³-hybridized carbons (Fsp3) is 1.00. The summed E-state index contributed by atoms with van der Waals surface area (Å²) in [6.45, 7) is 2.86. The number of rotatable bonds is 0. The van der Waals surface area contributed by atoms with E-state index in [9.17, 15) is 0 Å². The number of nitrogens with zero attached hydrogens (tertiary/aromatic N) is 1. The van der Waals surface area contributed by atoms with E-state index in [0.717, 1.165) is 17.9 Å². The zero-order chi connectivity index (χ0) is 7.97. The molecule has 0 amide bonds. The molecule has 12 heavy (non-hydrogen) atoms. The van der Waals surface area contributed by atoms with Crippen LogP contribution in [0.2, 0.25) is 0 Å². The van der Waals surface area contributed by atoms with Crippen LogP contribution in [0.15, 0.2) is 0 Å². The summed E-state index contributed by atoms with van der Waals surface area (Å²) in [5.41, 5.74) is 0. The van der Waals surface area contributed by atoms with Crippen molar-refractivity contribution in [1.82, 2.24) is 4.90 Å². The molecule has 0 radical (unpaired) electrons. The summed E-state index contributed by atoms with van der Waals surface area (Å²) in [7, 11) is 0. The molecule has 0 spiro atoms. The van der Waals surface area contributed by atoms with E-state index < -0.39 is 0 Å². The molecular formula is C11H19N. The molecule has 0 aromatic carbocycles. The van der Waals surface area contributed by atoms with Crippen molar-refractivity contribution >= 4 is 0 Å². The maximum Gasteiger partial charge on any atom is 0.0124 e. The lowest BCUT2D eigenvalue weighted by atomic mass is 9.74. The zero-order valence-electron chi connectivity index (χ0n) is 7.84. The molecule has 1 nitrogen and oxygen atoms in total. The van der Waals surface area contributed by atoms with Crippen LogP contribution in [0.3, 0.4) is 0 Å². The van der Waals surface area contributed by atoms with Crippen LogP contribution >= 0.6 is 0 Å². The van der Waals surface area contributed by atoms with Gasteiger partial charge in [0, 0.05) is 12.6 Å². The number of hydrogen-bond acceptors (Lipinski definition) is 1. The molecule has 68 valence electrons. The second-order valence-corrected chi connectivity index (χ2v) is 5.00. The highest BCUT2D eigenvalue weighted by Gasteiger charge is 2.39. The average molecular weight is 165 g/mol.